The van der Waals surface area contributed by atoms with Gasteiger partial charge in [-0.1, -0.05) is 17.9 Å². The van der Waals surface area contributed by atoms with E-state index < -0.39 is 5.97 Å². The molecule has 1 aromatic heterocycles. The molecule has 0 bridgehead atoms. The van der Waals surface area contributed by atoms with E-state index in [0.29, 0.717) is 18.1 Å². The number of ether oxygens (including phenoxy) is 1. The Morgan fingerprint density at radius 1 is 1.38 bits per heavy atom. The Balaban J connectivity index is 2.25. The highest BCUT2D eigenvalue weighted by atomic mass is 32.1. The summed E-state index contributed by atoms with van der Waals surface area (Å²) < 4.78 is 6.75. The molecule has 0 spiro atoms. The number of carboxylic acids is 1. The Bertz CT molecular complexity index is 712. The summed E-state index contributed by atoms with van der Waals surface area (Å²) in [4.78, 5) is 22.2. The molecule has 5 nitrogen and oxygen atoms in total. The standard InChI is InChI=1S/C15H15NO4S/c1-10(2)8-20-12-5-3-11(4-6-12)13-9-21-15(19)16(13)7-14(17)18/h3-6,9H,1,7-8H2,2H3,(H,17,18). The maximum Gasteiger partial charge on any atom is 0.323 e. The highest BCUT2D eigenvalue weighted by Gasteiger charge is 2.11. The molecule has 6 heteroatoms. The molecular formula is C15H15NO4S. The van der Waals surface area contributed by atoms with Crippen LogP contribution < -0.4 is 9.61 Å². The van der Waals surface area contributed by atoms with Crippen LogP contribution in [-0.2, 0) is 11.3 Å². The molecule has 0 aliphatic carbocycles. The predicted molar refractivity (Wildman–Crippen MR) is 82.0 cm³/mol. The minimum absolute atomic E-state index is 0.282. The van der Waals surface area contributed by atoms with Gasteiger partial charge in [0.1, 0.15) is 18.9 Å². The fourth-order valence-corrected chi connectivity index (χ4v) is 2.54. The minimum Gasteiger partial charge on any atom is -0.489 e. The van der Waals surface area contributed by atoms with Crippen molar-refractivity contribution in [2.75, 3.05) is 6.61 Å². The van der Waals surface area contributed by atoms with Gasteiger partial charge in [-0.25, -0.2) is 0 Å². The van der Waals surface area contributed by atoms with Crippen molar-refractivity contribution in [2.45, 2.75) is 13.5 Å². The second-order valence-electron chi connectivity index (χ2n) is 4.64. The maximum atomic E-state index is 11.7. The normalized spacial score (nSPS) is 10.3. The van der Waals surface area contributed by atoms with Gasteiger partial charge >= 0.3 is 10.8 Å². The number of nitrogens with zero attached hydrogens (tertiary/aromatic N) is 1. The van der Waals surface area contributed by atoms with Gasteiger partial charge in [-0.05, 0) is 42.3 Å². The van der Waals surface area contributed by atoms with Gasteiger partial charge in [0.15, 0.2) is 0 Å². The summed E-state index contributed by atoms with van der Waals surface area (Å²) in [6, 6.07) is 7.16. The van der Waals surface area contributed by atoms with Crippen LogP contribution in [0.1, 0.15) is 6.92 Å². The minimum atomic E-state index is -1.04. The van der Waals surface area contributed by atoms with Crippen molar-refractivity contribution < 1.29 is 14.6 Å². The largest absolute Gasteiger partial charge is 0.489 e. The zero-order valence-electron chi connectivity index (χ0n) is 11.5. The summed E-state index contributed by atoms with van der Waals surface area (Å²) >= 11 is 0.987. The first-order chi connectivity index (χ1) is 9.97. The Hall–Kier alpha value is -2.34. The van der Waals surface area contributed by atoms with Crippen LogP contribution in [-0.4, -0.2) is 22.2 Å². The monoisotopic (exact) mass is 305 g/mol. The second-order valence-corrected chi connectivity index (χ2v) is 5.46. The van der Waals surface area contributed by atoms with E-state index in [-0.39, 0.29) is 11.4 Å². The molecule has 0 saturated carbocycles. The van der Waals surface area contributed by atoms with E-state index in [0.717, 1.165) is 22.5 Å². The second kappa shape index (κ2) is 6.41. The Kier molecular flexibility index (Phi) is 4.59. The number of carbonyl (C=O) groups is 1. The molecule has 0 aliphatic heterocycles. The maximum absolute atomic E-state index is 11.7. The lowest BCUT2D eigenvalue weighted by molar-refractivity contribution is -0.137. The topological polar surface area (TPSA) is 68.5 Å². The first-order valence-corrected chi connectivity index (χ1v) is 7.13. The molecule has 1 N–H and O–H groups in total. The first-order valence-electron chi connectivity index (χ1n) is 6.25. The molecule has 21 heavy (non-hydrogen) atoms. The Morgan fingerprint density at radius 3 is 2.62 bits per heavy atom. The molecular weight excluding hydrogens is 290 g/mol. The van der Waals surface area contributed by atoms with E-state index in [1.807, 2.05) is 6.92 Å². The molecule has 2 rings (SSSR count). The van der Waals surface area contributed by atoms with Gasteiger partial charge in [-0.15, -0.1) is 0 Å². The van der Waals surface area contributed by atoms with Crippen molar-refractivity contribution in [3.8, 4) is 17.0 Å². The van der Waals surface area contributed by atoms with Crippen LogP contribution >= 0.6 is 11.3 Å². The summed E-state index contributed by atoms with van der Waals surface area (Å²) in [5.74, 6) is -0.345. The van der Waals surface area contributed by atoms with Gasteiger partial charge < -0.3 is 9.84 Å². The highest BCUT2D eigenvalue weighted by Crippen LogP contribution is 2.23. The molecule has 0 amide bonds. The van der Waals surface area contributed by atoms with E-state index in [1.165, 1.54) is 4.57 Å². The first kappa shape index (κ1) is 15.1. The lowest BCUT2D eigenvalue weighted by Crippen LogP contribution is -2.19. The van der Waals surface area contributed by atoms with Crippen molar-refractivity contribution in [3.63, 3.8) is 0 Å². The van der Waals surface area contributed by atoms with E-state index in [2.05, 4.69) is 6.58 Å². The number of hydrogen-bond donors (Lipinski definition) is 1. The molecule has 1 aromatic carbocycles. The predicted octanol–water partition coefficient (Wildman–Crippen LogP) is 2.62. The number of aliphatic carboxylic acids is 1. The van der Waals surface area contributed by atoms with E-state index in [9.17, 15) is 9.59 Å². The lowest BCUT2D eigenvalue weighted by atomic mass is 10.1. The zero-order valence-corrected chi connectivity index (χ0v) is 12.4. The number of benzene rings is 1. The lowest BCUT2D eigenvalue weighted by Gasteiger charge is -2.08. The molecule has 0 aliphatic rings. The highest BCUT2D eigenvalue weighted by molar-refractivity contribution is 7.07. The molecule has 0 radical (unpaired) electrons. The van der Waals surface area contributed by atoms with Gasteiger partial charge in [0.25, 0.3) is 0 Å². The third-order valence-corrected chi connectivity index (χ3v) is 3.47. The van der Waals surface area contributed by atoms with Crippen LogP contribution in [0, 0.1) is 0 Å². The summed E-state index contributed by atoms with van der Waals surface area (Å²) in [6.45, 7) is 5.74. The average Bonchev–Trinajstić information content (AvgIpc) is 2.78. The van der Waals surface area contributed by atoms with Crippen LogP contribution in [0.15, 0.2) is 46.6 Å². The van der Waals surface area contributed by atoms with Crippen molar-refractivity contribution >= 4 is 17.3 Å². The number of rotatable bonds is 6. The van der Waals surface area contributed by atoms with Gasteiger partial charge in [-0.3, -0.25) is 14.2 Å². The van der Waals surface area contributed by atoms with Crippen LogP contribution in [0.4, 0.5) is 0 Å². The van der Waals surface area contributed by atoms with Crippen LogP contribution in [0.5, 0.6) is 5.75 Å². The molecule has 0 saturated heterocycles. The van der Waals surface area contributed by atoms with Gasteiger partial charge in [0.05, 0.1) is 5.69 Å². The van der Waals surface area contributed by atoms with E-state index in [4.69, 9.17) is 9.84 Å². The van der Waals surface area contributed by atoms with E-state index >= 15 is 0 Å². The third-order valence-electron chi connectivity index (χ3n) is 2.71. The Morgan fingerprint density at radius 2 is 2.05 bits per heavy atom. The number of thiazole rings is 1. The van der Waals surface area contributed by atoms with Gasteiger partial charge in [-0.2, -0.15) is 0 Å². The van der Waals surface area contributed by atoms with Crippen molar-refractivity contribution in [3.05, 3.63) is 51.5 Å². The quantitative estimate of drug-likeness (QED) is 0.833. The smallest absolute Gasteiger partial charge is 0.323 e. The SMILES string of the molecule is C=C(C)COc1ccc(-c2csc(=O)n2CC(=O)O)cc1. The summed E-state index contributed by atoms with van der Waals surface area (Å²) in [5.41, 5.74) is 2.29. The summed E-state index contributed by atoms with van der Waals surface area (Å²) in [6.07, 6.45) is 0. The van der Waals surface area contributed by atoms with Gasteiger partial charge in [0.2, 0.25) is 0 Å². The van der Waals surface area contributed by atoms with Gasteiger partial charge in [0, 0.05) is 5.38 Å². The van der Waals surface area contributed by atoms with Crippen molar-refractivity contribution in [1.82, 2.24) is 4.57 Å². The average molecular weight is 305 g/mol. The van der Waals surface area contributed by atoms with Crippen LogP contribution in [0.3, 0.4) is 0 Å². The fourth-order valence-electron chi connectivity index (χ4n) is 1.77. The van der Waals surface area contributed by atoms with Crippen molar-refractivity contribution in [2.24, 2.45) is 0 Å². The molecule has 0 unspecified atom stereocenters. The van der Waals surface area contributed by atoms with Crippen LogP contribution in [0.25, 0.3) is 11.3 Å². The molecule has 0 atom stereocenters. The summed E-state index contributed by atoms with van der Waals surface area (Å²) in [7, 11) is 0. The third kappa shape index (κ3) is 3.82. The number of carboxylic acid groups (broad SMARTS) is 1. The number of aromatic nitrogens is 1. The van der Waals surface area contributed by atoms with Crippen LogP contribution in [0.2, 0.25) is 0 Å². The molecule has 1 heterocycles. The molecule has 2 aromatic rings. The zero-order chi connectivity index (χ0) is 15.4. The number of hydrogen-bond acceptors (Lipinski definition) is 4. The molecule has 0 fully saturated rings. The fraction of sp³-hybridized carbons (Fsp3) is 0.200. The molecule has 110 valence electrons. The summed E-state index contributed by atoms with van der Waals surface area (Å²) in [5, 5.41) is 10.5. The van der Waals surface area contributed by atoms with Crippen molar-refractivity contribution in [1.29, 1.82) is 0 Å². The Labute approximate surface area is 125 Å². The van der Waals surface area contributed by atoms with E-state index in [1.54, 1.807) is 29.6 Å².